The molecule has 2 rings (SSSR count). The first kappa shape index (κ1) is 12.8. The van der Waals surface area contributed by atoms with Crippen LogP contribution in [0.3, 0.4) is 0 Å². The van der Waals surface area contributed by atoms with Gasteiger partial charge in [0.1, 0.15) is 0 Å². The van der Waals surface area contributed by atoms with Crippen LogP contribution in [0.4, 0.5) is 0 Å². The summed E-state index contributed by atoms with van der Waals surface area (Å²) in [6.45, 7) is 2.10. The average Bonchev–Trinajstić information content (AvgIpc) is 2.65. The first-order valence-corrected chi connectivity index (χ1v) is 7.37. The molecule has 17 heavy (non-hydrogen) atoms. The van der Waals surface area contributed by atoms with E-state index in [1.54, 1.807) is 0 Å². The molecule has 6 nitrogen and oxygen atoms in total. The molecule has 2 heterocycles. The average molecular weight is 262 g/mol. The number of carbonyl (C=O) groups excluding carboxylic acids is 1. The van der Waals surface area contributed by atoms with Gasteiger partial charge < -0.3 is 10.1 Å². The van der Waals surface area contributed by atoms with Crippen LogP contribution in [0.15, 0.2) is 0 Å². The second kappa shape index (κ2) is 4.91. The van der Waals surface area contributed by atoms with Gasteiger partial charge in [-0.3, -0.25) is 4.79 Å². The second-order valence-electron chi connectivity index (χ2n) is 4.44. The van der Waals surface area contributed by atoms with Crippen molar-refractivity contribution in [2.45, 2.75) is 30.6 Å². The molecule has 0 aliphatic carbocycles. The van der Waals surface area contributed by atoms with Crippen molar-refractivity contribution in [2.24, 2.45) is 0 Å². The summed E-state index contributed by atoms with van der Waals surface area (Å²) in [4.78, 5) is 11.4. The van der Waals surface area contributed by atoms with Crippen molar-refractivity contribution in [3.8, 4) is 0 Å². The van der Waals surface area contributed by atoms with E-state index < -0.39 is 21.2 Å². The van der Waals surface area contributed by atoms with Crippen molar-refractivity contribution in [3.63, 3.8) is 0 Å². The van der Waals surface area contributed by atoms with Crippen LogP contribution in [0.25, 0.3) is 0 Å². The first-order chi connectivity index (χ1) is 8.07. The van der Waals surface area contributed by atoms with Crippen LogP contribution in [-0.2, 0) is 19.6 Å². The number of esters is 1. The lowest BCUT2D eigenvalue weighted by Crippen LogP contribution is -2.45. The molecule has 2 aliphatic rings. The Kier molecular flexibility index (Phi) is 3.70. The molecule has 0 aromatic heterocycles. The van der Waals surface area contributed by atoms with Crippen LogP contribution in [0, 0.1) is 0 Å². The molecule has 0 radical (unpaired) electrons. The van der Waals surface area contributed by atoms with E-state index >= 15 is 0 Å². The highest BCUT2D eigenvalue weighted by Gasteiger charge is 2.46. The van der Waals surface area contributed by atoms with E-state index in [1.165, 1.54) is 11.4 Å². The van der Waals surface area contributed by atoms with Crippen molar-refractivity contribution in [2.75, 3.05) is 26.7 Å². The van der Waals surface area contributed by atoms with Gasteiger partial charge in [0.25, 0.3) is 0 Å². The highest BCUT2D eigenvalue weighted by Crippen LogP contribution is 2.28. The molecule has 98 valence electrons. The lowest BCUT2D eigenvalue weighted by molar-refractivity contribution is -0.140. The molecule has 2 aliphatic heterocycles. The van der Waals surface area contributed by atoms with E-state index in [2.05, 4.69) is 10.1 Å². The topological polar surface area (TPSA) is 75.7 Å². The minimum atomic E-state index is -3.51. The van der Waals surface area contributed by atoms with Gasteiger partial charge in [-0.1, -0.05) is 0 Å². The number of hydrogen-bond acceptors (Lipinski definition) is 5. The normalized spacial score (nSPS) is 30.3. The molecule has 2 fully saturated rings. The zero-order valence-electron chi connectivity index (χ0n) is 9.89. The number of rotatable bonds is 2. The third kappa shape index (κ3) is 2.31. The summed E-state index contributed by atoms with van der Waals surface area (Å²) in [6, 6.07) is 0.0379. The third-order valence-electron chi connectivity index (χ3n) is 3.48. The summed E-state index contributed by atoms with van der Waals surface area (Å²) >= 11 is 0. The lowest BCUT2D eigenvalue weighted by atomic mass is 10.1. The summed E-state index contributed by atoms with van der Waals surface area (Å²) in [5.74, 6) is -0.638. The Morgan fingerprint density at radius 2 is 1.94 bits per heavy atom. The number of nitrogens with one attached hydrogen (secondary N) is 1. The van der Waals surface area contributed by atoms with Crippen LogP contribution < -0.4 is 5.32 Å². The van der Waals surface area contributed by atoms with Gasteiger partial charge in [0.15, 0.2) is 5.25 Å². The van der Waals surface area contributed by atoms with E-state index in [-0.39, 0.29) is 6.04 Å². The highest BCUT2D eigenvalue weighted by atomic mass is 32.2. The minimum absolute atomic E-state index is 0.0379. The van der Waals surface area contributed by atoms with Crippen LogP contribution in [0.2, 0.25) is 0 Å². The molecule has 1 unspecified atom stereocenters. The monoisotopic (exact) mass is 262 g/mol. The molecule has 0 aromatic rings. The standard InChI is InChI=1S/C10H18N2O4S/c1-16-10(13)9-4-7-12(17(9,14)15)8-2-5-11-6-3-8/h8-9,11H,2-7H2,1H3. The van der Waals surface area contributed by atoms with E-state index in [1.807, 2.05) is 0 Å². The smallest absolute Gasteiger partial charge is 0.325 e. The SMILES string of the molecule is COC(=O)C1CCN(C2CCNCC2)S1(=O)=O. The van der Waals surface area contributed by atoms with Gasteiger partial charge >= 0.3 is 5.97 Å². The quantitative estimate of drug-likeness (QED) is 0.667. The maximum atomic E-state index is 12.2. The van der Waals surface area contributed by atoms with Crippen molar-refractivity contribution in [3.05, 3.63) is 0 Å². The van der Waals surface area contributed by atoms with Crippen molar-refractivity contribution >= 4 is 16.0 Å². The summed E-state index contributed by atoms with van der Waals surface area (Å²) < 4.78 is 30.4. The fourth-order valence-electron chi connectivity index (χ4n) is 2.54. The maximum absolute atomic E-state index is 12.2. The molecule has 7 heteroatoms. The van der Waals surface area contributed by atoms with Gasteiger partial charge in [-0.05, 0) is 32.4 Å². The van der Waals surface area contributed by atoms with Crippen molar-refractivity contribution < 1.29 is 17.9 Å². The first-order valence-electron chi connectivity index (χ1n) is 5.86. The molecular formula is C10H18N2O4S. The Labute approximate surface area is 101 Å². The zero-order chi connectivity index (χ0) is 12.5. The van der Waals surface area contributed by atoms with Gasteiger partial charge in [-0.2, -0.15) is 4.31 Å². The Bertz CT molecular complexity index is 389. The van der Waals surface area contributed by atoms with Crippen LogP contribution in [0.1, 0.15) is 19.3 Å². The molecule has 0 aromatic carbocycles. The summed E-state index contributed by atoms with van der Waals surface area (Å²) in [6.07, 6.45) is 1.97. The number of piperidine rings is 1. The van der Waals surface area contributed by atoms with Crippen LogP contribution in [0.5, 0.6) is 0 Å². The second-order valence-corrected chi connectivity index (χ2v) is 6.51. The number of methoxy groups -OCH3 is 1. The van der Waals surface area contributed by atoms with Crippen LogP contribution >= 0.6 is 0 Å². The fourth-order valence-corrected chi connectivity index (χ4v) is 4.60. The fraction of sp³-hybridized carbons (Fsp3) is 0.900. The predicted molar refractivity (Wildman–Crippen MR) is 61.9 cm³/mol. The number of carbonyl (C=O) groups is 1. The molecule has 1 N–H and O–H groups in total. The van der Waals surface area contributed by atoms with E-state index in [0.717, 1.165) is 25.9 Å². The number of nitrogens with zero attached hydrogens (tertiary/aromatic N) is 1. The summed E-state index contributed by atoms with van der Waals surface area (Å²) in [5.41, 5.74) is 0. The largest absolute Gasteiger partial charge is 0.468 e. The molecule has 1 atom stereocenters. The Hall–Kier alpha value is -0.660. The predicted octanol–water partition coefficient (Wildman–Crippen LogP) is -0.684. The molecule has 0 saturated carbocycles. The Morgan fingerprint density at radius 3 is 2.53 bits per heavy atom. The summed E-state index contributed by atoms with van der Waals surface area (Å²) in [7, 11) is -2.28. The van der Waals surface area contributed by atoms with Crippen molar-refractivity contribution in [1.82, 2.24) is 9.62 Å². The van der Waals surface area contributed by atoms with Crippen LogP contribution in [-0.4, -0.2) is 56.7 Å². The number of ether oxygens (including phenoxy) is 1. The highest BCUT2D eigenvalue weighted by molar-refractivity contribution is 7.90. The Balaban J connectivity index is 2.13. The lowest BCUT2D eigenvalue weighted by Gasteiger charge is -2.30. The van der Waals surface area contributed by atoms with Gasteiger partial charge in [0, 0.05) is 12.6 Å². The number of hydrogen-bond donors (Lipinski definition) is 1. The van der Waals surface area contributed by atoms with Gasteiger partial charge in [-0.25, -0.2) is 8.42 Å². The van der Waals surface area contributed by atoms with Crippen molar-refractivity contribution in [1.29, 1.82) is 0 Å². The molecule has 0 spiro atoms. The molecule has 0 amide bonds. The zero-order valence-corrected chi connectivity index (χ0v) is 10.7. The van der Waals surface area contributed by atoms with Gasteiger partial charge in [0.05, 0.1) is 7.11 Å². The van der Waals surface area contributed by atoms with Gasteiger partial charge in [-0.15, -0.1) is 0 Å². The van der Waals surface area contributed by atoms with E-state index in [4.69, 9.17) is 0 Å². The minimum Gasteiger partial charge on any atom is -0.468 e. The third-order valence-corrected chi connectivity index (χ3v) is 5.76. The van der Waals surface area contributed by atoms with Gasteiger partial charge in [0.2, 0.25) is 10.0 Å². The molecule has 2 saturated heterocycles. The maximum Gasteiger partial charge on any atom is 0.325 e. The summed E-state index contributed by atoms with van der Waals surface area (Å²) in [5, 5.41) is 2.20. The van der Waals surface area contributed by atoms with E-state index in [0.29, 0.717) is 13.0 Å². The Morgan fingerprint density at radius 1 is 1.29 bits per heavy atom. The van der Waals surface area contributed by atoms with E-state index in [9.17, 15) is 13.2 Å². The number of sulfonamides is 1. The molecular weight excluding hydrogens is 244 g/mol. The molecule has 0 bridgehead atoms.